The molecule has 0 bridgehead atoms. The Morgan fingerprint density at radius 2 is 1.89 bits per heavy atom. The molecule has 0 amide bonds. The van der Waals surface area contributed by atoms with E-state index in [1.807, 2.05) is 24.3 Å². The smallest absolute Gasteiger partial charge is 0.188 e. The van der Waals surface area contributed by atoms with E-state index >= 15 is 0 Å². The van der Waals surface area contributed by atoms with Gasteiger partial charge in [-0.05, 0) is 41.3 Å². The number of nitrogens with one attached hydrogen (secondary N) is 1. The fourth-order valence-corrected chi connectivity index (χ4v) is 2.94. The maximum atomic E-state index is 5.97. The van der Waals surface area contributed by atoms with E-state index in [1.54, 1.807) is 14.2 Å². The second-order valence-electron chi connectivity index (χ2n) is 6.11. The quantitative estimate of drug-likeness (QED) is 0.360. The largest absolute Gasteiger partial charge is 0.493 e. The monoisotopic (exact) mass is 483 g/mol. The maximum Gasteiger partial charge on any atom is 0.188 e. The third-order valence-corrected chi connectivity index (χ3v) is 4.35. The minimum absolute atomic E-state index is 0. The van der Waals surface area contributed by atoms with Crippen molar-refractivity contribution in [2.45, 2.75) is 19.4 Å². The summed E-state index contributed by atoms with van der Waals surface area (Å²) in [6.45, 7) is 2.00. The number of rotatable bonds is 7. The minimum Gasteiger partial charge on any atom is -0.493 e. The lowest BCUT2D eigenvalue weighted by molar-refractivity contribution is 0.354. The molecular weight excluding hydrogens is 457 g/mol. The summed E-state index contributed by atoms with van der Waals surface area (Å²) in [5.41, 5.74) is 9.53. The Labute approximate surface area is 177 Å². The lowest BCUT2D eigenvalue weighted by atomic mass is 10.1. The normalized spacial score (nSPS) is 12.6. The van der Waals surface area contributed by atoms with E-state index in [0.29, 0.717) is 24.0 Å². The lowest BCUT2D eigenvalue weighted by Crippen LogP contribution is -2.33. The molecule has 1 heterocycles. The van der Waals surface area contributed by atoms with Crippen LogP contribution in [0, 0.1) is 0 Å². The first-order valence-electron chi connectivity index (χ1n) is 8.69. The first kappa shape index (κ1) is 21.1. The number of guanidine groups is 1. The molecule has 27 heavy (non-hydrogen) atoms. The molecule has 0 atom stereocenters. The van der Waals surface area contributed by atoms with Crippen molar-refractivity contribution in [3.63, 3.8) is 0 Å². The number of methoxy groups -OCH3 is 2. The van der Waals surface area contributed by atoms with Gasteiger partial charge in [-0.25, -0.2) is 4.99 Å². The van der Waals surface area contributed by atoms with Gasteiger partial charge in [0, 0.05) is 13.0 Å². The van der Waals surface area contributed by atoms with Crippen molar-refractivity contribution in [2.75, 3.05) is 27.4 Å². The van der Waals surface area contributed by atoms with Gasteiger partial charge >= 0.3 is 0 Å². The van der Waals surface area contributed by atoms with Crippen molar-refractivity contribution < 1.29 is 14.2 Å². The van der Waals surface area contributed by atoms with Gasteiger partial charge < -0.3 is 25.3 Å². The predicted octanol–water partition coefficient (Wildman–Crippen LogP) is 2.90. The molecular formula is C20H26IN3O3. The van der Waals surface area contributed by atoms with Crippen LogP contribution in [0.25, 0.3) is 0 Å². The fourth-order valence-electron chi connectivity index (χ4n) is 2.94. The van der Waals surface area contributed by atoms with Crippen LogP contribution in [-0.4, -0.2) is 33.3 Å². The molecule has 1 aliphatic heterocycles. The molecule has 0 aliphatic carbocycles. The Kier molecular flexibility index (Phi) is 8.02. The van der Waals surface area contributed by atoms with Crippen molar-refractivity contribution >= 4 is 29.9 Å². The van der Waals surface area contributed by atoms with Crippen LogP contribution in [-0.2, 0) is 19.4 Å². The molecule has 2 aromatic rings. The van der Waals surface area contributed by atoms with E-state index in [1.165, 1.54) is 11.1 Å². The summed E-state index contributed by atoms with van der Waals surface area (Å²) in [7, 11) is 3.23. The summed E-state index contributed by atoms with van der Waals surface area (Å²) in [6, 6.07) is 12.1. The molecule has 7 heteroatoms. The van der Waals surface area contributed by atoms with Crippen LogP contribution in [0.15, 0.2) is 41.4 Å². The molecule has 1 aliphatic rings. The SMILES string of the molecule is COc1ccc(CN=C(N)NCCc2ccc3c(c2)CCO3)cc1OC.I. The van der Waals surface area contributed by atoms with E-state index < -0.39 is 0 Å². The lowest BCUT2D eigenvalue weighted by Gasteiger charge is -2.09. The Bertz CT molecular complexity index is 796. The summed E-state index contributed by atoms with van der Waals surface area (Å²) >= 11 is 0. The highest BCUT2D eigenvalue weighted by molar-refractivity contribution is 14.0. The van der Waals surface area contributed by atoms with E-state index in [4.69, 9.17) is 19.9 Å². The summed E-state index contributed by atoms with van der Waals surface area (Å²) in [4.78, 5) is 4.38. The van der Waals surface area contributed by atoms with Crippen molar-refractivity contribution in [3.8, 4) is 17.2 Å². The molecule has 0 unspecified atom stereocenters. The van der Waals surface area contributed by atoms with Crippen molar-refractivity contribution in [1.82, 2.24) is 5.32 Å². The average molecular weight is 483 g/mol. The molecule has 0 radical (unpaired) electrons. The number of nitrogens with zero attached hydrogens (tertiary/aromatic N) is 1. The highest BCUT2D eigenvalue weighted by atomic mass is 127. The number of hydrogen-bond acceptors (Lipinski definition) is 4. The molecule has 2 aromatic carbocycles. The molecule has 0 fully saturated rings. The Balaban J connectivity index is 0.00000261. The van der Waals surface area contributed by atoms with Crippen LogP contribution >= 0.6 is 24.0 Å². The molecule has 0 saturated heterocycles. The predicted molar refractivity (Wildman–Crippen MR) is 118 cm³/mol. The number of benzene rings is 2. The van der Waals surface area contributed by atoms with Gasteiger partial charge in [-0.1, -0.05) is 18.2 Å². The van der Waals surface area contributed by atoms with Crippen LogP contribution < -0.4 is 25.3 Å². The third kappa shape index (κ3) is 5.66. The van der Waals surface area contributed by atoms with Gasteiger partial charge in [0.15, 0.2) is 17.5 Å². The van der Waals surface area contributed by atoms with Crippen LogP contribution in [0.4, 0.5) is 0 Å². The summed E-state index contributed by atoms with van der Waals surface area (Å²) in [5.74, 6) is 2.83. The second-order valence-corrected chi connectivity index (χ2v) is 6.11. The third-order valence-electron chi connectivity index (χ3n) is 4.35. The van der Waals surface area contributed by atoms with Crippen molar-refractivity contribution in [3.05, 3.63) is 53.1 Å². The van der Waals surface area contributed by atoms with Gasteiger partial charge in [-0.15, -0.1) is 24.0 Å². The van der Waals surface area contributed by atoms with E-state index in [2.05, 4.69) is 22.4 Å². The second kappa shape index (κ2) is 10.2. The molecule has 0 saturated carbocycles. The van der Waals surface area contributed by atoms with Gasteiger partial charge in [0.1, 0.15) is 5.75 Å². The zero-order valence-electron chi connectivity index (χ0n) is 15.7. The standard InChI is InChI=1S/C20H25N3O3.HI/c1-24-18-6-4-15(12-19(18)25-2)13-23-20(21)22-9-7-14-3-5-17-16(11-14)8-10-26-17;/h3-6,11-12H,7-10,13H2,1-2H3,(H3,21,22,23);1H. The maximum absolute atomic E-state index is 5.97. The first-order chi connectivity index (χ1) is 12.7. The zero-order chi connectivity index (χ0) is 18.4. The summed E-state index contributed by atoms with van der Waals surface area (Å²) in [5, 5.41) is 3.16. The van der Waals surface area contributed by atoms with Crippen LogP contribution in [0.1, 0.15) is 16.7 Å². The van der Waals surface area contributed by atoms with Crippen LogP contribution in [0.5, 0.6) is 17.2 Å². The number of ether oxygens (including phenoxy) is 3. The topological polar surface area (TPSA) is 78.1 Å². The molecule has 146 valence electrons. The zero-order valence-corrected chi connectivity index (χ0v) is 18.0. The van der Waals surface area contributed by atoms with Gasteiger partial charge in [-0.2, -0.15) is 0 Å². The number of nitrogens with two attached hydrogens (primary N) is 1. The Morgan fingerprint density at radius 1 is 1.11 bits per heavy atom. The Morgan fingerprint density at radius 3 is 2.67 bits per heavy atom. The first-order valence-corrected chi connectivity index (χ1v) is 8.69. The number of hydrogen-bond donors (Lipinski definition) is 2. The number of fused-ring (bicyclic) bond motifs is 1. The summed E-state index contributed by atoms with van der Waals surface area (Å²) < 4.78 is 16.1. The molecule has 3 rings (SSSR count). The van der Waals surface area contributed by atoms with Crippen molar-refractivity contribution in [1.29, 1.82) is 0 Å². The number of halogens is 1. The molecule has 0 spiro atoms. The van der Waals surface area contributed by atoms with Gasteiger partial charge in [-0.3, -0.25) is 0 Å². The van der Waals surface area contributed by atoms with E-state index in [-0.39, 0.29) is 24.0 Å². The molecule has 0 aromatic heterocycles. The summed E-state index contributed by atoms with van der Waals surface area (Å²) in [6.07, 6.45) is 1.88. The Hall–Kier alpha value is -2.16. The fraction of sp³-hybridized carbons (Fsp3) is 0.350. The van der Waals surface area contributed by atoms with E-state index in [0.717, 1.165) is 37.3 Å². The van der Waals surface area contributed by atoms with Gasteiger partial charge in [0.25, 0.3) is 0 Å². The van der Waals surface area contributed by atoms with Crippen LogP contribution in [0.3, 0.4) is 0 Å². The molecule has 6 nitrogen and oxygen atoms in total. The van der Waals surface area contributed by atoms with Crippen LogP contribution in [0.2, 0.25) is 0 Å². The highest BCUT2D eigenvalue weighted by Gasteiger charge is 2.11. The van der Waals surface area contributed by atoms with E-state index in [9.17, 15) is 0 Å². The minimum atomic E-state index is 0. The number of aliphatic imine (C=N–C) groups is 1. The highest BCUT2D eigenvalue weighted by Crippen LogP contribution is 2.28. The van der Waals surface area contributed by atoms with Gasteiger partial charge in [0.05, 0.1) is 27.4 Å². The van der Waals surface area contributed by atoms with Gasteiger partial charge in [0.2, 0.25) is 0 Å². The average Bonchev–Trinajstić information content (AvgIpc) is 3.14. The van der Waals surface area contributed by atoms with Crippen molar-refractivity contribution in [2.24, 2.45) is 10.7 Å². The molecule has 3 N–H and O–H groups in total.